The highest BCUT2D eigenvalue weighted by atomic mass is 16.5. The average molecular weight is 418 g/mol. The Morgan fingerprint density at radius 2 is 1.94 bits per heavy atom. The van der Waals surface area contributed by atoms with E-state index in [4.69, 9.17) is 9.47 Å². The van der Waals surface area contributed by atoms with Crippen molar-refractivity contribution < 1.29 is 14.3 Å². The number of ether oxygens (including phenoxy) is 2. The molecule has 0 saturated heterocycles. The van der Waals surface area contributed by atoms with Gasteiger partial charge in [-0.05, 0) is 56.9 Å². The molecule has 0 bridgehead atoms. The van der Waals surface area contributed by atoms with Crippen LogP contribution in [0.15, 0.2) is 42.6 Å². The molecule has 1 amide bonds. The van der Waals surface area contributed by atoms with Gasteiger partial charge in [-0.25, -0.2) is 0 Å². The van der Waals surface area contributed by atoms with E-state index in [1.54, 1.807) is 11.8 Å². The van der Waals surface area contributed by atoms with Crippen molar-refractivity contribution in [1.82, 2.24) is 15.0 Å². The van der Waals surface area contributed by atoms with Crippen LogP contribution in [-0.4, -0.2) is 34.1 Å². The molecule has 31 heavy (non-hydrogen) atoms. The Morgan fingerprint density at radius 3 is 2.65 bits per heavy atom. The third-order valence-electron chi connectivity index (χ3n) is 6.05. The van der Waals surface area contributed by atoms with Crippen molar-refractivity contribution in [1.29, 1.82) is 0 Å². The number of hydrogen-bond acceptors (Lipinski definition) is 5. The lowest BCUT2D eigenvalue weighted by Gasteiger charge is -2.36. The molecule has 1 fully saturated rings. The molecule has 2 aromatic carbocycles. The normalized spacial score (nSPS) is 17.9. The predicted octanol–water partition coefficient (Wildman–Crippen LogP) is 4.36. The molecule has 7 nitrogen and oxygen atoms in total. The van der Waals surface area contributed by atoms with E-state index >= 15 is 0 Å². The Hall–Kier alpha value is -3.35. The van der Waals surface area contributed by atoms with Crippen molar-refractivity contribution >= 4 is 11.6 Å². The first-order valence-corrected chi connectivity index (χ1v) is 10.7. The molecule has 2 aliphatic rings. The maximum atomic E-state index is 13.1. The van der Waals surface area contributed by atoms with Gasteiger partial charge < -0.3 is 14.4 Å². The summed E-state index contributed by atoms with van der Waals surface area (Å²) in [6.45, 7) is 2.13. The lowest BCUT2D eigenvalue weighted by atomic mass is 9.92. The van der Waals surface area contributed by atoms with Gasteiger partial charge in [0.15, 0.2) is 0 Å². The van der Waals surface area contributed by atoms with E-state index in [0.29, 0.717) is 5.75 Å². The van der Waals surface area contributed by atoms with E-state index in [9.17, 15) is 4.79 Å². The van der Waals surface area contributed by atoms with Crippen LogP contribution in [0.25, 0.3) is 11.3 Å². The second-order valence-electron chi connectivity index (χ2n) is 8.37. The van der Waals surface area contributed by atoms with Crippen LogP contribution in [0.1, 0.15) is 31.7 Å². The van der Waals surface area contributed by atoms with Crippen molar-refractivity contribution in [3.8, 4) is 28.5 Å². The summed E-state index contributed by atoms with van der Waals surface area (Å²) in [6, 6.07) is 11.7. The minimum atomic E-state index is 0.163. The molecule has 1 aromatic heterocycles. The third-order valence-corrected chi connectivity index (χ3v) is 6.05. The fourth-order valence-corrected chi connectivity index (χ4v) is 4.24. The molecule has 1 atom stereocenters. The smallest absolute Gasteiger partial charge is 0.230 e. The summed E-state index contributed by atoms with van der Waals surface area (Å²) >= 11 is 0. The zero-order chi connectivity index (χ0) is 21.5. The molecule has 0 radical (unpaired) electrons. The molecular formula is C24H26N4O3. The van der Waals surface area contributed by atoms with E-state index in [-0.39, 0.29) is 17.9 Å². The number of anilines is 1. The van der Waals surface area contributed by atoms with Crippen LogP contribution in [0, 0.1) is 5.92 Å². The van der Waals surface area contributed by atoms with Crippen molar-refractivity contribution in [2.45, 2.75) is 38.6 Å². The van der Waals surface area contributed by atoms with Gasteiger partial charge in [0, 0.05) is 36.2 Å². The van der Waals surface area contributed by atoms with E-state index in [2.05, 4.69) is 17.2 Å². The zero-order valence-corrected chi connectivity index (χ0v) is 18.0. The largest absolute Gasteiger partial charge is 0.497 e. The third kappa shape index (κ3) is 3.65. The minimum Gasteiger partial charge on any atom is -0.497 e. The monoisotopic (exact) mass is 418 g/mol. The number of benzene rings is 2. The van der Waals surface area contributed by atoms with E-state index in [0.717, 1.165) is 59.7 Å². The quantitative estimate of drug-likeness (QED) is 0.616. The summed E-state index contributed by atoms with van der Waals surface area (Å²) < 4.78 is 13.5. The van der Waals surface area contributed by atoms with Crippen LogP contribution >= 0.6 is 0 Å². The number of aryl methyl sites for hydroxylation is 1. The number of carbonyl (C=O) groups is 1. The molecule has 0 N–H and O–H groups in total. The highest BCUT2D eigenvalue weighted by Crippen LogP contribution is 2.46. The molecule has 2 heterocycles. The van der Waals surface area contributed by atoms with Crippen LogP contribution in [0.5, 0.6) is 17.2 Å². The second-order valence-corrected chi connectivity index (χ2v) is 8.37. The molecule has 5 rings (SSSR count). The molecule has 1 aliphatic heterocycles. The Balaban J connectivity index is 1.64. The van der Waals surface area contributed by atoms with Gasteiger partial charge in [0.1, 0.15) is 22.9 Å². The fourth-order valence-electron chi connectivity index (χ4n) is 4.24. The summed E-state index contributed by atoms with van der Waals surface area (Å²) in [5, 5.41) is 8.40. The minimum absolute atomic E-state index is 0.163. The van der Waals surface area contributed by atoms with Crippen molar-refractivity contribution in [3.63, 3.8) is 0 Å². The molecule has 0 spiro atoms. The molecule has 3 aromatic rings. The van der Waals surface area contributed by atoms with Crippen LogP contribution in [0.3, 0.4) is 0 Å². The number of nitrogens with zero attached hydrogens (tertiary/aromatic N) is 4. The lowest BCUT2D eigenvalue weighted by Crippen LogP contribution is -2.43. The van der Waals surface area contributed by atoms with Crippen molar-refractivity contribution in [3.05, 3.63) is 48.2 Å². The first-order valence-electron chi connectivity index (χ1n) is 10.7. The molecule has 1 aliphatic carbocycles. The summed E-state index contributed by atoms with van der Waals surface area (Å²) in [7, 11) is 3.48. The number of methoxy groups -OCH3 is 1. The van der Waals surface area contributed by atoms with Gasteiger partial charge in [-0.1, -0.05) is 11.3 Å². The molecule has 7 heteroatoms. The average Bonchev–Trinajstić information content (AvgIpc) is 3.54. The molecule has 1 saturated carbocycles. The Kier molecular flexibility index (Phi) is 4.88. The summed E-state index contributed by atoms with van der Waals surface area (Å²) in [5.74, 6) is 2.52. The number of carbonyl (C=O) groups excluding carboxylic acids is 1. The lowest BCUT2D eigenvalue weighted by molar-refractivity contribution is -0.120. The summed E-state index contributed by atoms with van der Waals surface area (Å²) in [6.07, 6.45) is 5.57. The highest BCUT2D eigenvalue weighted by molar-refractivity contribution is 5.99. The van der Waals surface area contributed by atoms with Crippen molar-refractivity contribution in [2.75, 3.05) is 12.0 Å². The topological polar surface area (TPSA) is 69.5 Å². The molecule has 160 valence electrons. The Bertz CT molecular complexity index is 1140. The van der Waals surface area contributed by atoms with Gasteiger partial charge in [-0.15, -0.1) is 5.10 Å². The maximum Gasteiger partial charge on any atom is 0.230 e. The number of rotatable bonds is 5. The second kappa shape index (κ2) is 7.72. The van der Waals surface area contributed by atoms with Gasteiger partial charge in [-0.3, -0.25) is 9.48 Å². The van der Waals surface area contributed by atoms with Gasteiger partial charge in [-0.2, -0.15) is 0 Å². The van der Waals surface area contributed by atoms with Gasteiger partial charge in [0.25, 0.3) is 0 Å². The SMILES string of the molecule is COc1cccc(Oc2c(-c3cn(C)nn3)ccc3c2CC[C@H](C)N3C(=O)C2CC2)c1. The zero-order valence-electron chi connectivity index (χ0n) is 18.0. The Labute approximate surface area is 181 Å². The van der Waals surface area contributed by atoms with E-state index in [1.165, 1.54) is 0 Å². The summed E-state index contributed by atoms with van der Waals surface area (Å²) in [4.78, 5) is 15.1. The predicted molar refractivity (Wildman–Crippen MR) is 118 cm³/mol. The first kappa shape index (κ1) is 19.6. The first-order chi connectivity index (χ1) is 15.0. The number of aromatic nitrogens is 3. The maximum absolute atomic E-state index is 13.1. The van der Waals surface area contributed by atoms with Gasteiger partial charge in [0.05, 0.1) is 19.0 Å². The van der Waals surface area contributed by atoms with Crippen molar-refractivity contribution in [2.24, 2.45) is 13.0 Å². The van der Waals surface area contributed by atoms with Crippen LogP contribution in [0.4, 0.5) is 5.69 Å². The standard InChI is InChI=1S/C24H26N4O3/c1-15-7-10-20-22(28(15)24(29)16-8-9-16)12-11-19(21-14-27(2)26-25-21)23(20)31-18-6-4-5-17(13-18)30-3/h4-6,11-16H,7-10H2,1-3H3/t15-/m0/s1. The van der Waals surface area contributed by atoms with Crippen LogP contribution in [0.2, 0.25) is 0 Å². The number of hydrogen-bond donors (Lipinski definition) is 0. The number of amides is 1. The molecule has 0 unspecified atom stereocenters. The Morgan fingerprint density at radius 1 is 1.13 bits per heavy atom. The fraction of sp³-hybridized carbons (Fsp3) is 0.375. The summed E-state index contributed by atoms with van der Waals surface area (Å²) in [5.41, 5.74) is 3.59. The van der Waals surface area contributed by atoms with Crippen LogP contribution in [-0.2, 0) is 18.3 Å². The van der Waals surface area contributed by atoms with E-state index < -0.39 is 0 Å². The van der Waals surface area contributed by atoms with E-state index in [1.807, 2.05) is 54.5 Å². The highest BCUT2D eigenvalue weighted by Gasteiger charge is 2.39. The molecular weight excluding hydrogens is 392 g/mol. The number of fused-ring (bicyclic) bond motifs is 1. The van der Waals surface area contributed by atoms with Gasteiger partial charge in [0.2, 0.25) is 5.91 Å². The van der Waals surface area contributed by atoms with Crippen LogP contribution < -0.4 is 14.4 Å². The van der Waals surface area contributed by atoms with Gasteiger partial charge >= 0.3 is 0 Å².